The van der Waals surface area contributed by atoms with Gasteiger partial charge >= 0.3 is 0 Å². The summed E-state index contributed by atoms with van der Waals surface area (Å²) in [5.41, 5.74) is 28.1. The molecule has 0 saturated carbocycles. The maximum atomic E-state index is 12.6. The molecule has 2 aliphatic rings. The summed E-state index contributed by atoms with van der Waals surface area (Å²) in [6, 6.07) is 6.86. The van der Waals surface area contributed by atoms with Crippen LogP contribution < -0.4 is 28.7 Å². The van der Waals surface area contributed by atoms with Gasteiger partial charge < -0.3 is 10.5 Å². The van der Waals surface area contributed by atoms with Crippen molar-refractivity contribution < 1.29 is 14.3 Å². The summed E-state index contributed by atoms with van der Waals surface area (Å²) in [7, 11) is 0. The molecule has 1 aromatic carbocycles. The fourth-order valence-corrected chi connectivity index (χ4v) is 2.88. The van der Waals surface area contributed by atoms with E-state index in [0.717, 1.165) is 0 Å². The summed E-state index contributed by atoms with van der Waals surface area (Å²) in [6.07, 6.45) is 0. The highest BCUT2D eigenvalue weighted by Gasteiger charge is 2.46. The zero-order chi connectivity index (χ0) is 17.2. The van der Waals surface area contributed by atoms with Gasteiger partial charge in [0.2, 0.25) is 11.6 Å². The second-order valence-electron chi connectivity index (χ2n) is 5.84. The average Bonchev–Trinajstić information content (AvgIpc) is 2.43. The fraction of sp³-hybridized carbons (Fsp3) is 0.200. The maximum Gasteiger partial charge on any atom is 0.237 e. The van der Waals surface area contributed by atoms with Crippen LogP contribution in [0.4, 0.5) is 0 Å². The van der Waals surface area contributed by atoms with Crippen LogP contribution in [0.1, 0.15) is 18.1 Å². The first kappa shape index (κ1) is 15.4. The first-order valence-electron chi connectivity index (χ1n) is 6.84. The SMILES string of the molecule is CC1(N)OC2=C(C(=O)C(=O)C(C(N)(N)N)=C2N)c2ccccc21. The molecule has 1 heterocycles. The van der Waals surface area contributed by atoms with Gasteiger partial charge in [0.25, 0.3) is 0 Å². The first-order valence-corrected chi connectivity index (χ1v) is 6.84. The number of carbonyl (C=O) groups excluding carboxylic acids is 2. The smallest absolute Gasteiger partial charge is 0.237 e. The van der Waals surface area contributed by atoms with Crippen molar-refractivity contribution in [3.8, 4) is 0 Å². The first-order chi connectivity index (χ1) is 10.6. The number of benzene rings is 1. The number of hydrogen-bond acceptors (Lipinski definition) is 8. The van der Waals surface area contributed by atoms with E-state index in [1.165, 1.54) is 0 Å². The minimum absolute atomic E-state index is 0.0287. The number of rotatable bonds is 1. The lowest BCUT2D eigenvalue weighted by Crippen LogP contribution is -2.63. The van der Waals surface area contributed by atoms with Gasteiger partial charge in [-0.25, -0.2) is 0 Å². The summed E-state index contributed by atoms with van der Waals surface area (Å²) in [4.78, 5) is 24.9. The molecule has 1 atom stereocenters. The van der Waals surface area contributed by atoms with Crippen molar-refractivity contribution in [3.05, 3.63) is 52.4 Å². The number of hydrogen-bond donors (Lipinski definition) is 5. The van der Waals surface area contributed by atoms with Crippen molar-refractivity contribution >= 4 is 17.1 Å². The Kier molecular flexibility index (Phi) is 3.00. The molecule has 0 bridgehead atoms. The van der Waals surface area contributed by atoms with Gasteiger partial charge in [-0.1, -0.05) is 24.3 Å². The molecule has 0 fully saturated rings. The van der Waals surface area contributed by atoms with Gasteiger partial charge in [0.1, 0.15) is 5.79 Å². The predicted molar refractivity (Wildman–Crippen MR) is 82.5 cm³/mol. The lowest BCUT2D eigenvalue weighted by atomic mass is 9.80. The highest BCUT2D eigenvalue weighted by atomic mass is 16.5. The Labute approximate surface area is 131 Å². The molecule has 8 heteroatoms. The summed E-state index contributed by atoms with van der Waals surface area (Å²) in [5, 5.41) is 0. The standard InChI is InChI=1S/C15H17N5O3/c1-14(17)7-5-3-2-4-6(7)8-11(21)12(22)9(15(18,19)20)10(16)13(8)23-14/h2-5H,16-20H2,1H3. The molecule has 1 aliphatic carbocycles. The third-order valence-electron chi connectivity index (χ3n) is 3.88. The monoisotopic (exact) mass is 315 g/mol. The molecule has 3 rings (SSSR count). The van der Waals surface area contributed by atoms with Gasteiger partial charge in [0, 0.05) is 5.56 Å². The summed E-state index contributed by atoms with van der Waals surface area (Å²) in [6.45, 7) is 1.62. The van der Waals surface area contributed by atoms with Gasteiger partial charge in [-0.2, -0.15) is 0 Å². The van der Waals surface area contributed by atoms with Crippen molar-refractivity contribution in [2.24, 2.45) is 28.7 Å². The third kappa shape index (κ3) is 2.08. The minimum atomic E-state index is -2.07. The van der Waals surface area contributed by atoms with E-state index in [9.17, 15) is 9.59 Å². The molecule has 23 heavy (non-hydrogen) atoms. The van der Waals surface area contributed by atoms with E-state index in [4.69, 9.17) is 33.4 Å². The lowest BCUT2D eigenvalue weighted by Gasteiger charge is -2.38. The van der Waals surface area contributed by atoms with Crippen LogP contribution in [0, 0.1) is 0 Å². The zero-order valence-corrected chi connectivity index (χ0v) is 12.4. The van der Waals surface area contributed by atoms with E-state index in [1.807, 2.05) is 0 Å². The van der Waals surface area contributed by atoms with Crippen LogP contribution in [0.2, 0.25) is 0 Å². The van der Waals surface area contributed by atoms with Crippen molar-refractivity contribution in [3.63, 3.8) is 0 Å². The molecule has 0 spiro atoms. The van der Waals surface area contributed by atoms with Crippen LogP contribution >= 0.6 is 0 Å². The molecule has 120 valence electrons. The Morgan fingerprint density at radius 3 is 2.30 bits per heavy atom. The van der Waals surface area contributed by atoms with E-state index < -0.39 is 28.7 Å². The normalized spacial score (nSPS) is 24.4. The van der Waals surface area contributed by atoms with E-state index >= 15 is 0 Å². The fourth-order valence-electron chi connectivity index (χ4n) is 2.88. The van der Waals surface area contributed by atoms with Crippen LogP contribution in [0.5, 0.6) is 0 Å². The largest absolute Gasteiger partial charge is 0.466 e. The number of fused-ring (bicyclic) bond motifs is 2. The highest BCUT2D eigenvalue weighted by Crippen LogP contribution is 2.42. The summed E-state index contributed by atoms with van der Waals surface area (Å²) < 4.78 is 5.70. The zero-order valence-electron chi connectivity index (χ0n) is 12.4. The number of carbonyl (C=O) groups is 2. The molecule has 0 aromatic heterocycles. The molecule has 0 amide bonds. The van der Waals surface area contributed by atoms with Gasteiger partial charge in [0.05, 0.1) is 16.8 Å². The van der Waals surface area contributed by atoms with Crippen molar-refractivity contribution in [1.29, 1.82) is 0 Å². The van der Waals surface area contributed by atoms with Gasteiger partial charge in [-0.15, -0.1) is 0 Å². The average molecular weight is 315 g/mol. The predicted octanol–water partition coefficient (Wildman–Crippen LogP) is -1.55. The van der Waals surface area contributed by atoms with Gasteiger partial charge in [0.15, 0.2) is 11.5 Å². The molecule has 8 nitrogen and oxygen atoms in total. The van der Waals surface area contributed by atoms with Gasteiger partial charge in [-0.05, 0) is 12.5 Å². The number of ether oxygens (including phenoxy) is 1. The summed E-state index contributed by atoms with van der Waals surface area (Å²) >= 11 is 0. The third-order valence-corrected chi connectivity index (χ3v) is 3.88. The lowest BCUT2D eigenvalue weighted by molar-refractivity contribution is -0.132. The minimum Gasteiger partial charge on any atom is -0.466 e. The van der Waals surface area contributed by atoms with Crippen LogP contribution in [-0.2, 0) is 20.1 Å². The van der Waals surface area contributed by atoms with Crippen LogP contribution in [0.3, 0.4) is 0 Å². The second-order valence-corrected chi connectivity index (χ2v) is 5.84. The topological polar surface area (TPSA) is 173 Å². The van der Waals surface area contributed by atoms with Gasteiger partial charge in [-0.3, -0.25) is 32.5 Å². The van der Waals surface area contributed by atoms with Crippen LogP contribution in [0.15, 0.2) is 41.3 Å². The van der Waals surface area contributed by atoms with E-state index in [1.54, 1.807) is 31.2 Å². The molecule has 1 unspecified atom stereocenters. The van der Waals surface area contributed by atoms with Crippen molar-refractivity contribution in [2.45, 2.75) is 18.4 Å². The molecule has 1 aromatic rings. The number of ketones is 2. The van der Waals surface area contributed by atoms with Crippen molar-refractivity contribution in [2.75, 3.05) is 0 Å². The van der Waals surface area contributed by atoms with Crippen LogP contribution in [-0.4, -0.2) is 17.4 Å². The van der Waals surface area contributed by atoms with E-state index in [-0.39, 0.29) is 17.0 Å². The van der Waals surface area contributed by atoms with Crippen molar-refractivity contribution in [1.82, 2.24) is 0 Å². The highest BCUT2D eigenvalue weighted by molar-refractivity contribution is 6.60. The van der Waals surface area contributed by atoms with E-state index in [2.05, 4.69) is 0 Å². The quantitative estimate of drug-likeness (QED) is 0.235. The number of allylic oxidation sites excluding steroid dienone is 1. The molecule has 10 N–H and O–H groups in total. The molecular formula is C15H17N5O3. The molecule has 1 aliphatic heterocycles. The Hall–Kier alpha value is -2.52. The summed E-state index contributed by atoms with van der Waals surface area (Å²) in [5.74, 6) is -3.88. The Bertz CT molecular complexity index is 815. The Morgan fingerprint density at radius 1 is 1.09 bits per heavy atom. The molecule has 0 saturated heterocycles. The van der Waals surface area contributed by atoms with E-state index in [0.29, 0.717) is 11.1 Å². The second kappa shape index (κ2) is 4.49. The Balaban J connectivity index is 2.37. The Morgan fingerprint density at radius 2 is 1.70 bits per heavy atom. The maximum absolute atomic E-state index is 12.6. The number of Topliss-reactive ketones (excluding diaryl/α,β-unsaturated/α-hetero) is 2. The van der Waals surface area contributed by atoms with Crippen LogP contribution in [0.25, 0.3) is 5.57 Å². The molecule has 0 radical (unpaired) electrons. The molecular weight excluding hydrogens is 298 g/mol. The number of nitrogens with two attached hydrogens (primary N) is 5.